The largest absolute Gasteiger partial charge is 0.545 e. The van der Waals surface area contributed by atoms with Crippen LogP contribution in [0.15, 0.2) is 97.1 Å². The minimum atomic E-state index is -1.31. The van der Waals surface area contributed by atoms with Crippen molar-refractivity contribution in [3.63, 3.8) is 0 Å². The van der Waals surface area contributed by atoms with Gasteiger partial charge in [0, 0.05) is 0 Å². The Morgan fingerprint density at radius 2 is 0.825 bits per heavy atom. The molecule has 1 radical (unpaired) electrons. The average molecular weight is 561 g/mol. The van der Waals surface area contributed by atoms with E-state index in [4.69, 9.17) is 14.1 Å². The van der Waals surface area contributed by atoms with Crippen LogP contribution < -0.4 is 10.2 Å². The number of aromatic carboxylic acids is 4. The van der Waals surface area contributed by atoms with Crippen molar-refractivity contribution >= 4 is 40.8 Å². The zero-order valence-electron chi connectivity index (χ0n) is 24.6. The molecule has 0 spiro atoms. The van der Waals surface area contributed by atoms with E-state index in [1.54, 1.807) is 49.9 Å². The Bertz CT molecular complexity index is 1370. The highest BCUT2D eigenvalue weighted by Crippen LogP contribution is 2.25. The van der Waals surface area contributed by atoms with Crippen molar-refractivity contribution in [2.75, 3.05) is 6.66 Å². The molecule has 0 bridgehead atoms. The second-order valence-corrected chi connectivity index (χ2v) is 7.49. The lowest BCUT2D eigenvalue weighted by Gasteiger charge is -2.07. The van der Waals surface area contributed by atoms with E-state index in [1.165, 1.54) is 44.2 Å². The smallest absolute Gasteiger partial charge is 0.335 e. The van der Waals surface area contributed by atoms with E-state index in [9.17, 15) is 29.4 Å². The fraction of sp³-hybridized carbons (Fsp3) is 0.0667. The van der Waals surface area contributed by atoms with Gasteiger partial charge in [0.05, 0.1) is 33.4 Å². The average Bonchev–Trinajstić information content (AvgIpc) is 2.98. The maximum absolute atomic E-state index is 10.9. The summed E-state index contributed by atoms with van der Waals surface area (Å²) >= 11 is 0. The van der Waals surface area contributed by atoms with Gasteiger partial charge in [-0.05, 0) is 59.0 Å². The van der Waals surface area contributed by atoms with E-state index in [2.05, 4.69) is 0 Å². The molecule has 0 aromatic heterocycles. The molecule has 4 aromatic carbocycles. The van der Waals surface area contributed by atoms with E-state index >= 15 is 0 Å². The molecule has 40 heavy (non-hydrogen) atoms. The molecule has 0 saturated heterocycles. The fourth-order valence-corrected chi connectivity index (χ4v) is 3.21. The first-order valence-electron chi connectivity index (χ1n) is 13.0. The van der Waals surface area contributed by atoms with E-state index in [1.807, 2.05) is 24.3 Å². The van der Waals surface area contributed by atoms with Gasteiger partial charge in [-0.2, -0.15) is 0 Å². The molecule has 4 rings (SSSR count). The van der Waals surface area contributed by atoms with Gasteiger partial charge in [0.2, 0.25) is 0 Å². The second-order valence-electron chi connectivity index (χ2n) is 7.49. The Balaban J connectivity index is 0.000000405. The van der Waals surface area contributed by atoms with Crippen molar-refractivity contribution in [2.24, 2.45) is 0 Å². The van der Waals surface area contributed by atoms with Gasteiger partial charge in [0.1, 0.15) is 0 Å². The lowest BCUT2D eigenvalue weighted by Crippen LogP contribution is -2.22. The molecule has 0 saturated carbocycles. The lowest BCUT2D eigenvalue weighted by molar-refractivity contribution is -0.256. The summed E-state index contributed by atoms with van der Waals surface area (Å²) in [4.78, 5) is 42.2. The summed E-state index contributed by atoms with van der Waals surface area (Å²) in [5.74, 6) is -4.54. The van der Waals surface area contributed by atoms with Crippen LogP contribution in [0.4, 0.5) is 0 Å². The monoisotopic (exact) mass is 561 g/mol. The molecule has 0 aliphatic carbocycles. The molecule has 0 aliphatic heterocycles. The zero-order chi connectivity index (χ0) is 32.5. The normalized spacial score (nSPS) is 11.0. The maximum atomic E-state index is 10.9. The van der Waals surface area contributed by atoms with Crippen molar-refractivity contribution in [3.05, 3.63) is 119 Å². The summed E-state index contributed by atoms with van der Waals surface area (Å²) in [5, 5.41) is 38.4. The van der Waals surface area contributed by atoms with Gasteiger partial charge >= 0.3 is 11.9 Å². The number of hydrogen-bond donors (Lipinski definition) is 2. The Morgan fingerprint density at radius 1 is 0.650 bits per heavy atom. The topological polar surface area (TPSA) is 155 Å². The van der Waals surface area contributed by atoms with E-state index in [0.717, 1.165) is 22.3 Å². The Morgan fingerprint density at radius 3 is 1.05 bits per heavy atom. The van der Waals surface area contributed by atoms with E-state index in [-0.39, 0.29) is 22.3 Å². The Kier molecular flexibility index (Phi) is 12.0. The highest BCUT2D eigenvalue weighted by Gasteiger charge is 2.05. The third-order valence-electron chi connectivity index (χ3n) is 5.17. The number of carboxylic acid groups (broad SMARTS) is 4. The molecular weight excluding hydrogens is 530 g/mol. The third-order valence-corrected chi connectivity index (χ3v) is 5.17. The van der Waals surface area contributed by atoms with Crippen molar-refractivity contribution in [1.82, 2.24) is 0 Å². The highest BCUT2D eigenvalue weighted by atomic mass is 31.0. The number of carboxylic acids is 4. The van der Waals surface area contributed by atoms with Gasteiger partial charge in [-0.3, -0.25) is 0 Å². The molecule has 1 atom stereocenters. The van der Waals surface area contributed by atoms with Gasteiger partial charge in [-0.1, -0.05) is 86.3 Å². The molecule has 205 valence electrons. The van der Waals surface area contributed by atoms with Crippen LogP contribution in [-0.2, 0) is 0 Å². The molecule has 0 fully saturated rings. The molecule has 10 heteroatoms. The molecule has 0 amide bonds. The SMILES string of the molecule is O=C([O-])c1ccc(-c2ccc(-c3ccc(C(=O)O)cc3)cc2)cc1.O=C([O-])c1ccc(C(=O)O)cc1.[2H]P([3H])C.[2H][B]C. The van der Waals surface area contributed by atoms with Crippen LogP contribution in [0.3, 0.4) is 0 Å². The molecule has 0 aliphatic rings. The molecule has 2 N–H and O–H groups in total. The van der Waals surface area contributed by atoms with Crippen LogP contribution in [0.1, 0.15) is 41.4 Å². The van der Waals surface area contributed by atoms with Crippen molar-refractivity contribution in [3.8, 4) is 22.3 Å². The number of rotatable bonds is 6. The zero-order valence-corrected chi connectivity index (χ0v) is 22.5. The Labute approximate surface area is 239 Å². The number of carbonyl (C=O) groups is 4. The van der Waals surface area contributed by atoms with Gasteiger partial charge in [-0.15, -0.1) is 9.13 Å². The number of benzene rings is 4. The predicted octanol–water partition coefficient (Wildman–Crippen LogP) is 3.26. The van der Waals surface area contributed by atoms with Crippen molar-refractivity contribution in [2.45, 2.75) is 6.82 Å². The van der Waals surface area contributed by atoms with Crippen LogP contribution in [0.25, 0.3) is 22.3 Å². The standard InChI is InChI=1S/C20H14O4.C8H6O4.CH4B.CH5P/c21-19(22)17-9-5-15(6-10-17)13-1-2-14(4-3-13)16-7-11-18(12-8-16)20(23)24;9-7(10)5-1-2-6(4-3-5)8(11)12;2*1-2/h1-12H,(H,21,22)(H,23,24);1-4H,(H,9,10)(H,11,12);2H,1H3;2H2,1H3/p-2/i;;2D;2TD. The summed E-state index contributed by atoms with van der Waals surface area (Å²) in [6.45, 7) is 3.23. The van der Waals surface area contributed by atoms with Crippen molar-refractivity contribution in [1.29, 1.82) is 3.89 Å². The number of carbonyl (C=O) groups excluding carboxylic acids is 2. The van der Waals surface area contributed by atoms with Gasteiger partial charge in [-0.25, -0.2) is 9.59 Å². The minimum absolute atomic E-state index is 0.0278. The number of hydrogen-bond acceptors (Lipinski definition) is 6. The van der Waals surface area contributed by atoms with Crippen molar-refractivity contribution < 1.29 is 39.6 Å². The van der Waals surface area contributed by atoms with Crippen LogP contribution >= 0.6 is 9.13 Å². The molecule has 8 nitrogen and oxygen atoms in total. The summed E-state index contributed by atoms with van der Waals surface area (Å²) < 4.78 is 18.7. The predicted molar refractivity (Wildman–Crippen MR) is 155 cm³/mol. The van der Waals surface area contributed by atoms with Crippen LogP contribution in [0.2, 0.25) is 6.82 Å². The molecular formula is C30H27BO8P-2. The summed E-state index contributed by atoms with van der Waals surface area (Å²) in [7, 11) is 0.130. The summed E-state index contributed by atoms with van der Waals surface area (Å²) in [5.41, 5.74) is 4.21. The minimum Gasteiger partial charge on any atom is -0.545 e. The van der Waals surface area contributed by atoms with E-state index < -0.39 is 33.0 Å². The lowest BCUT2D eigenvalue weighted by atomic mass is 9.99. The molecule has 1 unspecified atom stereocenters. The highest BCUT2D eigenvalue weighted by molar-refractivity contribution is 7.15. The molecule has 4 aromatic rings. The third kappa shape index (κ3) is 9.85. The summed E-state index contributed by atoms with van der Waals surface area (Å²) in [6, 6.07) is 25.8. The van der Waals surface area contributed by atoms with Gasteiger partial charge < -0.3 is 30.0 Å². The first-order chi connectivity index (χ1) is 20.3. The van der Waals surface area contributed by atoms with Crippen LogP contribution in [0.5, 0.6) is 0 Å². The summed E-state index contributed by atoms with van der Waals surface area (Å²) in [6.07, 6.45) is 0. The second kappa shape index (κ2) is 17.0. The van der Waals surface area contributed by atoms with Gasteiger partial charge in [0.25, 0.3) is 0 Å². The van der Waals surface area contributed by atoms with Crippen LogP contribution in [0, 0.1) is 0 Å². The van der Waals surface area contributed by atoms with Crippen LogP contribution in [-0.4, -0.2) is 52.5 Å². The Hall–Kier alpha value is -4.75. The van der Waals surface area contributed by atoms with Gasteiger partial charge in [0.15, 0.2) is 0 Å². The molecule has 0 heterocycles. The van der Waals surface area contributed by atoms with E-state index in [0.29, 0.717) is 0 Å². The first kappa shape index (κ1) is 28.3. The maximum Gasteiger partial charge on any atom is 0.335 e. The quantitative estimate of drug-likeness (QED) is 0.269. The fourth-order valence-electron chi connectivity index (χ4n) is 3.21. The first-order valence-corrected chi connectivity index (χ1v) is 12.4.